The second-order valence-electron chi connectivity index (χ2n) is 6.84. The summed E-state index contributed by atoms with van der Waals surface area (Å²) in [5.74, 6) is 1.57. The average molecular weight is 260 g/mol. The highest BCUT2D eigenvalue weighted by atomic mass is 16.3. The Morgan fingerprint density at radius 2 is 1.79 bits per heavy atom. The molecular formula is C16H24N2O. The van der Waals surface area contributed by atoms with Crippen LogP contribution in [0.3, 0.4) is 0 Å². The Bertz CT molecular complexity index is 428. The molecule has 3 fully saturated rings. The van der Waals surface area contributed by atoms with Gasteiger partial charge < -0.3 is 5.11 Å². The SMILES string of the molecule is OC1CCCC2N=C3C(=NC12)CCC1CCCCC31. The van der Waals surface area contributed by atoms with E-state index in [9.17, 15) is 5.11 Å². The molecule has 0 radical (unpaired) electrons. The molecule has 0 saturated heterocycles. The van der Waals surface area contributed by atoms with Gasteiger partial charge in [-0.05, 0) is 50.9 Å². The zero-order valence-corrected chi connectivity index (χ0v) is 11.6. The summed E-state index contributed by atoms with van der Waals surface area (Å²) in [6.07, 6.45) is 10.8. The Balaban J connectivity index is 1.65. The molecule has 1 aliphatic heterocycles. The van der Waals surface area contributed by atoms with Crippen molar-refractivity contribution in [2.24, 2.45) is 21.8 Å². The molecule has 0 amide bonds. The van der Waals surface area contributed by atoms with Gasteiger partial charge in [0.2, 0.25) is 0 Å². The number of aliphatic hydroxyl groups is 1. The molecule has 19 heavy (non-hydrogen) atoms. The van der Waals surface area contributed by atoms with E-state index in [0.29, 0.717) is 5.92 Å². The van der Waals surface area contributed by atoms with Gasteiger partial charge in [-0.1, -0.05) is 12.8 Å². The van der Waals surface area contributed by atoms with E-state index in [1.165, 1.54) is 43.5 Å². The van der Waals surface area contributed by atoms with Gasteiger partial charge >= 0.3 is 0 Å². The van der Waals surface area contributed by atoms with E-state index in [4.69, 9.17) is 9.98 Å². The van der Waals surface area contributed by atoms with Crippen molar-refractivity contribution in [1.82, 2.24) is 0 Å². The van der Waals surface area contributed by atoms with Gasteiger partial charge in [-0.3, -0.25) is 9.98 Å². The highest BCUT2D eigenvalue weighted by Crippen LogP contribution is 2.41. The first-order chi connectivity index (χ1) is 9.33. The second kappa shape index (κ2) is 4.69. The number of hydrogen-bond acceptors (Lipinski definition) is 3. The fourth-order valence-electron chi connectivity index (χ4n) is 4.68. The van der Waals surface area contributed by atoms with Crippen molar-refractivity contribution in [2.45, 2.75) is 76.0 Å². The summed E-state index contributed by atoms with van der Waals surface area (Å²) in [7, 11) is 0. The predicted octanol–water partition coefficient (Wildman–Crippen LogP) is 2.76. The molecule has 3 aliphatic carbocycles. The molecule has 0 bridgehead atoms. The normalized spacial score (nSPS) is 45.4. The summed E-state index contributed by atoms with van der Waals surface area (Å²) in [5, 5.41) is 10.2. The van der Waals surface area contributed by atoms with Crippen LogP contribution in [0.5, 0.6) is 0 Å². The van der Waals surface area contributed by atoms with Crippen LogP contribution in [-0.2, 0) is 0 Å². The Morgan fingerprint density at radius 1 is 0.895 bits per heavy atom. The lowest BCUT2D eigenvalue weighted by Crippen LogP contribution is -2.48. The number of aliphatic imine (C=N–C) groups is 2. The number of fused-ring (bicyclic) bond motifs is 4. The van der Waals surface area contributed by atoms with E-state index < -0.39 is 0 Å². The van der Waals surface area contributed by atoms with Crippen molar-refractivity contribution >= 4 is 11.4 Å². The molecule has 0 aromatic carbocycles. The zero-order valence-electron chi connectivity index (χ0n) is 11.6. The molecule has 5 atom stereocenters. The minimum absolute atomic E-state index is 0.0765. The smallest absolute Gasteiger partial charge is 0.0985 e. The van der Waals surface area contributed by atoms with Gasteiger partial charge in [-0.15, -0.1) is 0 Å². The van der Waals surface area contributed by atoms with E-state index in [2.05, 4.69) is 0 Å². The number of hydrogen-bond donors (Lipinski definition) is 1. The third-order valence-corrected chi connectivity index (χ3v) is 5.71. The first-order valence-corrected chi connectivity index (χ1v) is 8.16. The number of nitrogens with zero attached hydrogens (tertiary/aromatic N) is 2. The largest absolute Gasteiger partial charge is 0.391 e. The average Bonchev–Trinajstić information content (AvgIpc) is 2.46. The van der Waals surface area contributed by atoms with Crippen LogP contribution in [0, 0.1) is 11.8 Å². The molecule has 4 rings (SSSR count). The minimum Gasteiger partial charge on any atom is -0.391 e. The van der Waals surface area contributed by atoms with Crippen molar-refractivity contribution in [3.05, 3.63) is 0 Å². The third kappa shape index (κ3) is 1.97. The molecule has 0 spiro atoms. The van der Waals surface area contributed by atoms with Gasteiger partial charge in [0.15, 0.2) is 0 Å². The topological polar surface area (TPSA) is 45.0 Å². The maximum Gasteiger partial charge on any atom is 0.0985 e. The summed E-state index contributed by atoms with van der Waals surface area (Å²) >= 11 is 0. The van der Waals surface area contributed by atoms with E-state index >= 15 is 0 Å². The Hall–Kier alpha value is -0.700. The molecule has 3 nitrogen and oxygen atoms in total. The number of rotatable bonds is 0. The summed E-state index contributed by atoms with van der Waals surface area (Å²) in [5.41, 5.74) is 2.61. The van der Waals surface area contributed by atoms with Crippen LogP contribution in [0.4, 0.5) is 0 Å². The van der Waals surface area contributed by atoms with Gasteiger partial charge in [0.05, 0.1) is 29.6 Å². The summed E-state index contributed by atoms with van der Waals surface area (Å²) in [6, 6.07) is 0.357. The molecule has 104 valence electrons. The molecule has 4 aliphatic rings. The van der Waals surface area contributed by atoms with E-state index in [1.54, 1.807) is 0 Å². The zero-order chi connectivity index (χ0) is 12.8. The summed E-state index contributed by atoms with van der Waals surface area (Å²) in [4.78, 5) is 10.0. The molecule has 3 heteroatoms. The summed E-state index contributed by atoms with van der Waals surface area (Å²) in [6.45, 7) is 0. The fourth-order valence-corrected chi connectivity index (χ4v) is 4.68. The van der Waals surface area contributed by atoms with Crippen LogP contribution < -0.4 is 0 Å². The van der Waals surface area contributed by atoms with Gasteiger partial charge in [0.1, 0.15) is 0 Å². The lowest BCUT2D eigenvalue weighted by molar-refractivity contribution is 0.0976. The van der Waals surface area contributed by atoms with Gasteiger partial charge in [-0.2, -0.15) is 0 Å². The molecule has 0 aromatic rings. The molecule has 1 heterocycles. The standard InChI is InChI=1S/C16H24N2O/c19-14-7-3-6-12-16(14)18-13-9-8-10-4-1-2-5-11(10)15(13)17-12/h10-12,14,16,19H,1-9H2. The second-order valence-corrected chi connectivity index (χ2v) is 6.84. The van der Waals surface area contributed by atoms with Crippen molar-refractivity contribution < 1.29 is 5.11 Å². The van der Waals surface area contributed by atoms with Crippen LogP contribution >= 0.6 is 0 Å². The number of aliphatic hydroxyl groups excluding tert-OH is 1. The van der Waals surface area contributed by atoms with E-state index in [0.717, 1.165) is 31.6 Å². The Labute approximate surface area is 115 Å². The van der Waals surface area contributed by atoms with Crippen LogP contribution in [0.15, 0.2) is 9.98 Å². The van der Waals surface area contributed by atoms with Crippen LogP contribution in [0.2, 0.25) is 0 Å². The fraction of sp³-hybridized carbons (Fsp3) is 0.875. The molecule has 3 saturated carbocycles. The third-order valence-electron chi connectivity index (χ3n) is 5.71. The molecule has 1 N–H and O–H groups in total. The predicted molar refractivity (Wildman–Crippen MR) is 77.0 cm³/mol. The monoisotopic (exact) mass is 260 g/mol. The molecular weight excluding hydrogens is 236 g/mol. The van der Waals surface area contributed by atoms with Crippen molar-refractivity contribution in [1.29, 1.82) is 0 Å². The van der Waals surface area contributed by atoms with E-state index in [-0.39, 0.29) is 18.2 Å². The lowest BCUT2D eigenvalue weighted by atomic mass is 9.68. The summed E-state index contributed by atoms with van der Waals surface area (Å²) < 4.78 is 0. The lowest BCUT2D eigenvalue weighted by Gasteiger charge is -2.42. The highest BCUT2D eigenvalue weighted by Gasteiger charge is 2.41. The molecule has 5 unspecified atom stereocenters. The maximum atomic E-state index is 10.2. The van der Waals surface area contributed by atoms with Crippen LogP contribution in [-0.4, -0.2) is 34.7 Å². The molecule has 0 aromatic heterocycles. The highest BCUT2D eigenvalue weighted by molar-refractivity contribution is 6.44. The van der Waals surface area contributed by atoms with E-state index in [1.807, 2.05) is 0 Å². The first kappa shape index (κ1) is 12.1. The Morgan fingerprint density at radius 3 is 2.74 bits per heavy atom. The van der Waals surface area contributed by atoms with Crippen molar-refractivity contribution in [3.8, 4) is 0 Å². The van der Waals surface area contributed by atoms with Crippen molar-refractivity contribution in [2.75, 3.05) is 0 Å². The Kier molecular flexibility index (Phi) is 2.98. The van der Waals surface area contributed by atoms with Crippen LogP contribution in [0.25, 0.3) is 0 Å². The van der Waals surface area contributed by atoms with Crippen molar-refractivity contribution in [3.63, 3.8) is 0 Å². The van der Waals surface area contributed by atoms with Gasteiger partial charge in [-0.25, -0.2) is 0 Å². The van der Waals surface area contributed by atoms with Crippen LogP contribution in [0.1, 0.15) is 57.8 Å². The quantitative estimate of drug-likeness (QED) is 0.715. The van der Waals surface area contributed by atoms with Gasteiger partial charge in [0.25, 0.3) is 0 Å². The maximum absolute atomic E-state index is 10.2. The first-order valence-electron chi connectivity index (χ1n) is 8.16. The minimum atomic E-state index is -0.249. The van der Waals surface area contributed by atoms with Gasteiger partial charge in [0, 0.05) is 5.92 Å².